The Morgan fingerprint density at radius 1 is 1.33 bits per heavy atom. The number of nitriles is 1. The summed E-state index contributed by atoms with van der Waals surface area (Å²) in [6, 6.07) is 6.66. The third kappa shape index (κ3) is 4.75. The predicted octanol–water partition coefficient (Wildman–Crippen LogP) is 3.91. The van der Waals surface area contributed by atoms with E-state index in [0.29, 0.717) is 10.8 Å². The molecule has 1 saturated carbocycles. The molecule has 1 aromatic carbocycles. The molecule has 0 aromatic heterocycles. The first-order valence-electron chi connectivity index (χ1n) is 7.98. The molecule has 1 aliphatic carbocycles. The van der Waals surface area contributed by atoms with E-state index < -0.39 is 5.97 Å². The summed E-state index contributed by atoms with van der Waals surface area (Å²) in [5.41, 5.74) is 2.67. The normalized spacial score (nSPS) is 22.2. The lowest BCUT2D eigenvalue weighted by molar-refractivity contribution is -0.137. The largest absolute Gasteiger partial charge is 0.364 e. The first kappa shape index (κ1) is 18.3. The Morgan fingerprint density at radius 3 is 2.71 bits per heavy atom. The minimum Gasteiger partial charge on any atom is -0.335 e. The van der Waals surface area contributed by atoms with Gasteiger partial charge in [-0.15, -0.1) is 0 Å². The van der Waals surface area contributed by atoms with Crippen molar-refractivity contribution in [3.63, 3.8) is 0 Å². The van der Waals surface area contributed by atoms with Crippen LogP contribution in [0.25, 0.3) is 0 Å². The molecule has 1 amide bonds. The fraction of sp³-hybridized carbons (Fsp3) is 0.500. The highest BCUT2D eigenvalue weighted by Gasteiger charge is 2.36. The van der Waals surface area contributed by atoms with Crippen molar-refractivity contribution in [2.75, 3.05) is 0 Å². The van der Waals surface area contributed by atoms with Crippen molar-refractivity contribution in [3.05, 3.63) is 29.8 Å². The van der Waals surface area contributed by atoms with Crippen molar-refractivity contribution >= 4 is 23.6 Å². The lowest BCUT2D eigenvalue weighted by Gasteiger charge is -2.38. The Kier molecular flexibility index (Phi) is 5.89. The Bertz CT molecular complexity index is 666. The molecule has 0 heterocycles. The van der Waals surface area contributed by atoms with Crippen LogP contribution in [0.3, 0.4) is 0 Å². The highest BCUT2D eigenvalue weighted by molar-refractivity contribution is 8.03. The standard InChI is InChI=1S/C18H22N2O3S/c1-12-8-13(10-18(2,3)9-12)16(21)20-23-17(22)14-6-4-5-7-15(14)24-11-19/h4-7,12-13H,8-10H2,1-3H3,(H,20,21). The average molecular weight is 346 g/mol. The van der Waals surface area contributed by atoms with Crippen molar-refractivity contribution < 1.29 is 14.4 Å². The maximum atomic E-state index is 12.3. The number of rotatable bonds is 3. The predicted molar refractivity (Wildman–Crippen MR) is 91.8 cm³/mol. The fourth-order valence-electron chi connectivity index (χ4n) is 3.55. The van der Waals surface area contributed by atoms with Crippen molar-refractivity contribution in [1.29, 1.82) is 5.26 Å². The second-order valence-electron chi connectivity index (χ2n) is 7.16. The van der Waals surface area contributed by atoms with Gasteiger partial charge in [-0.25, -0.2) is 4.79 Å². The number of hydroxylamine groups is 1. The fourth-order valence-corrected chi connectivity index (χ4v) is 4.06. The molecule has 2 unspecified atom stereocenters. The first-order chi connectivity index (χ1) is 11.3. The molecule has 2 rings (SSSR count). The monoisotopic (exact) mass is 346 g/mol. The highest BCUT2D eigenvalue weighted by atomic mass is 32.2. The topological polar surface area (TPSA) is 79.2 Å². The lowest BCUT2D eigenvalue weighted by atomic mass is 9.68. The summed E-state index contributed by atoms with van der Waals surface area (Å²) >= 11 is 0.885. The number of amides is 1. The van der Waals surface area contributed by atoms with Gasteiger partial charge < -0.3 is 4.84 Å². The van der Waals surface area contributed by atoms with Gasteiger partial charge >= 0.3 is 5.97 Å². The van der Waals surface area contributed by atoms with Gasteiger partial charge in [0.15, 0.2) is 0 Å². The van der Waals surface area contributed by atoms with Gasteiger partial charge in [-0.2, -0.15) is 10.7 Å². The summed E-state index contributed by atoms with van der Waals surface area (Å²) in [5.74, 6) is -0.605. The molecule has 128 valence electrons. The van der Waals surface area contributed by atoms with Crippen LogP contribution in [0.5, 0.6) is 0 Å². The van der Waals surface area contributed by atoms with Crippen LogP contribution in [0, 0.1) is 27.9 Å². The number of benzene rings is 1. The summed E-state index contributed by atoms with van der Waals surface area (Å²) in [7, 11) is 0. The first-order valence-corrected chi connectivity index (χ1v) is 8.80. The highest BCUT2D eigenvalue weighted by Crippen LogP contribution is 2.41. The molecular formula is C18H22N2O3S. The molecule has 0 radical (unpaired) electrons. The minimum atomic E-state index is -0.662. The number of hydrogen-bond acceptors (Lipinski definition) is 5. The molecule has 24 heavy (non-hydrogen) atoms. The van der Waals surface area contributed by atoms with E-state index in [9.17, 15) is 9.59 Å². The third-order valence-corrected chi connectivity index (χ3v) is 4.93. The molecule has 0 bridgehead atoms. The van der Waals surface area contributed by atoms with Gasteiger partial charge in [0.25, 0.3) is 5.91 Å². The van der Waals surface area contributed by atoms with Gasteiger partial charge in [-0.3, -0.25) is 4.79 Å². The quantitative estimate of drug-likeness (QED) is 0.510. The maximum Gasteiger partial charge on any atom is 0.364 e. The Hall–Kier alpha value is -2.00. The molecule has 1 aromatic rings. The van der Waals surface area contributed by atoms with E-state index in [1.54, 1.807) is 24.3 Å². The van der Waals surface area contributed by atoms with Gasteiger partial charge in [-0.1, -0.05) is 32.9 Å². The van der Waals surface area contributed by atoms with Crippen LogP contribution in [0.4, 0.5) is 0 Å². The summed E-state index contributed by atoms with van der Waals surface area (Å²) in [6.45, 7) is 6.46. The summed E-state index contributed by atoms with van der Waals surface area (Å²) in [5, 5.41) is 10.7. The number of nitrogens with zero attached hydrogens (tertiary/aromatic N) is 1. The van der Waals surface area contributed by atoms with Gasteiger partial charge in [0.2, 0.25) is 0 Å². The van der Waals surface area contributed by atoms with Gasteiger partial charge in [0.05, 0.1) is 5.56 Å². The smallest absolute Gasteiger partial charge is 0.335 e. The van der Waals surface area contributed by atoms with E-state index in [2.05, 4.69) is 26.3 Å². The second-order valence-corrected chi connectivity index (χ2v) is 7.98. The average Bonchev–Trinajstić information content (AvgIpc) is 2.51. The summed E-state index contributed by atoms with van der Waals surface area (Å²) < 4.78 is 0. The van der Waals surface area contributed by atoms with Crippen LogP contribution in [0.2, 0.25) is 0 Å². The number of carbonyl (C=O) groups is 2. The van der Waals surface area contributed by atoms with E-state index in [1.807, 2.05) is 5.40 Å². The third-order valence-electron chi connectivity index (χ3n) is 4.26. The van der Waals surface area contributed by atoms with Crippen LogP contribution < -0.4 is 5.48 Å². The van der Waals surface area contributed by atoms with Crippen LogP contribution in [-0.4, -0.2) is 11.9 Å². The molecule has 2 atom stereocenters. The molecule has 0 aliphatic heterocycles. The van der Waals surface area contributed by atoms with Crippen molar-refractivity contribution in [2.45, 2.75) is 44.9 Å². The lowest BCUT2D eigenvalue weighted by Crippen LogP contribution is -2.39. The summed E-state index contributed by atoms with van der Waals surface area (Å²) in [6.07, 6.45) is 2.67. The number of nitrogens with one attached hydrogen (secondary N) is 1. The number of hydrogen-bond donors (Lipinski definition) is 1. The van der Waals surface area contributed by atoms with E-state index in [1.165, 1.54) is 0 Å². The molecular weight excluding hydrogens is 324 g/mol. The zero-order chi connectivity index (χ0) is 17.7. The number of carbonyl (C=O) groups excluding carboxylic acids is 2. The molecule has 6 heteroatoms. The Morgan fingerprint density at radius 2 is 2.04 bits per heavy atom. The Labute approximate surface area is 146 Å². The second kappa shape index (κ2) is 7.71. The molecule has 1 aliphatic rings. The van der Waals surface area contributed by atoms with Gasteiger partial charge in [0, 0.05) is 10.8 Å². The van der Waals surface area contributed by atoms with E-state index in [4.69, 9.17) is 10.1 Å². The minimum absolute atomic E-state index is 0.111. The van der Waals surface area contributed by atoms with E-state index in [0.717, 1.165) is 31.0 Å². The van der Waals surface area contributed by atoms with E-state index >= 15 is 0 Å². The van der Waals surface area contributed by atoms with Crippen LogP contribution in [0.15, 0.2) is 29.2 Å². The van der Waals surface area contributed by atoms with E-state index in [-0.39, 0.29) is 22.8 Å². The zero-order valence-corrected chi connectivity index (χ0v) is 15.0. The van der Waals surface area contributed by atoms with Gasteiger partial charge in [-0.05, 0) is 54.5 Å². The maximum absolute atomic E-state index is 12.3. The molecule has 0 saturated heterocycles. The van der Waals surface area contributed by atoms with Crippen molar-refractivity contribution in [2.24, 2.45) is 17.3 Å². The molecule has 1 N–H and O–H groups in total. The SMILES string of the molecule is CC1CC(C(=O)NOC(=O)c2ccccc2SC#N)CC(C)(C)C1. The van der Waals surface area contributed by atoms with Crippen molar-refractivity contribution in [1.82, 2.24) is 5.48 Å². The number of thioether (sulfide) groups is 1. The van der Waals surface area contributed by atoms with Crippen LogP contribution >= 0.6 is 11.8 Å². The molecule has 1 fully saturated rings. The molecule has 5 nitrogen and oxygen atoms in total. The Balaban J connectivity index is 1.97. The van der Waals surface area contributed by atoms with Crippen LogP contribution in [0.1, 0.15) is 50.4 Å². The van der Waals surface area contributed by atoms with Crippen molar-refractivity contribution in [3.8, 4) is 5.40 Å². The molecule has 0 spiro atoms. The van der Waals surface area contributed by atoms with Crippen LogP contribution in [-0.2, 0) is 9.63 Å². The zero-order valence-electron chi connectivity index (χ0n) is 14.2. The van der Waals surface area contributed by atoms with Gasteiger partial charge in [0.1, 0.15) is 5.40 Å². The number of thiocyanates is 1. The summed E-state index contributed by atoms with van der Waals surface area (Å²) in [4.78, 5) is 30.0.